The van der Waals surface area contributed by atoms with Gasteiger partial charge in [0.25, 0.3) is 11.5 Å². The van der Waals surface area contributed by atoms with Crippen molar-refractivity contribution in [3.63, 3.8) is 0 Å². The van der Waals surface area contributed by atoms with E-state index in [1.54, 1.807) is 0 Å². The normalized spacial score (nSPS) is 18.6. The summed E-state index contributed by atoms with van der Waals surface area (Å²) in [6.45, 7) is 0.869. The molecule has 32 heavy (non-hydrogen) atoms. The number of nitrogens with two attached hydrogens (primary N) is 1. The third kappa shape index (κ3) is 2.97. The zero-order valence-electron chi connectivity index (χ0n) is 16.9. The second-order valence-corrected chi connectivity index (χ2v) is 7.84. The molecule has 1 aromatic carbocycles. The molecule has 0 aliphatic carbocycles. The van der Waals surface area contributed by atoms with Gasteiger partial charge in [-0.15, -0.1) is 0 Å². The fourth-order valence-electron chi connectivity index (χ4n) is 4.46. The number of anilines is 3. The highest BCUT2D eigenvalue weighted by atomic mass is 19.4. The predicted molar refractivity (Wildman–Crippen MR) is 110 cm³/mol. The summed E-state index contributed by atoms with van der Waals surface area (Å²) in [6, 6.07) is 4.31. The summed E-state index contributed by atoms with van der Waals surface area (Å²) in [5.41, 5.74) is 5.05. The average Bonchev–Trinajstić information content (AvgIpc) is 3.17. The summed E-state index contributed by atoms with van der Waals surface area (Å²) in [5, 5.41) is -0.00731. The van der Waals surface area contributed by atoms with Crippen molar-refractivity contribution in [1.82, 2.24) is 19.5 Å². The van der Waals surface area contributed by atoms with Crippen LogP contribution in [0.3, 0.4) is 0 Å². The first-order valence-electron chi connectivity index (χ1n) is 9.95. The summed E-state index contributed by atoms with van der Waals surface area (Å²) in [6.07, 6.45) is -1.88. The summed E-state index contributed by atoms with van der Waals surface area (Å²) >= 11 is 0. The molecule has 2 aliphatic heterocycles. The van der Waals surface area contributed by atoms with E-state index in [0.29, 0.717) is 16.9 Å². The monoisotopic (exact) mass is 445 g/mol. The van der Waals surface area contributed by atoms with Crippen LogP contribution in [0.25, 0.3) is 10.9 Å². The largest absolute Gasteiger partial charge is 0.449 e. The molecule has 0 unspecified atom stereocenters. The van der Waals surface area contributed by atoms with Crippen molar-refractivity contribution in [2.45, 2.75) is 25.1 Å². The number of rotatable bonds is 1. The third-order valence-electron chi connectivity index (χ3n) is 5.93. The molecule has 12 heteroatoms. The van der Waals surface area contributed by atoms with Crippen LogP contribution in [0, 0.1) is 0 Å². The van der Waals surface area contributed by atoms with Gasteiger partial charge in [0.05, 0.1) is 11.1 Å². The highest BCUT2D eigenvalue weighted by molar-refractivity contribution is 6.13. The second-order valence-electron chi connectivity index (χ2n) is 7.84. The Balaban J connectivity index is 1.75. The minimum absolute atomic E-state index is 0.00731. The Morgan fingerprint density at radius 3 is 2.72 bits per heavy atom. The Bertz CT molecular complexity index is 1320. The number of fused-ring (bicyclic) bond motifs is 4. The number of halogens is 3. The number of nitrogens with zero attached hydrogens (tertiary/aromatic N) is 6. The van der Waals surface area contributed by atoms with Crippen LogP contribution in [-0.2, 0) is 13.2 Å². The van der Waals surface area contributed by atoms with Crippen LogP contribution in [0.2, 0.25) is 0 Å². The summed E-state index contributed by atoms with van der Waals surface area (Å²) < 4.78 is 41.1. The van der Waals surface area contributed by atoms with Gasteiger partial charge in [0.2, 0.25) is 11.8 Å². The zero-order valence-corrected chi connectivity index (χ0v) is 16.9. The molecule has 1 fully saturated rings. The van der Waals surface area contributed by atoms with Crippen LogP contribution in [0.1, 0.15) is 29.0 Å². The van der Waals surface area contributed by atoms with E-state index in [2.05, 4.69) is 15.0 Å². The molecular formula is C20H18F3N7O2. The first-order valence-corrected chi connectivity index (χ1v) is 9.95. The van der Waals surface area contributed by atoms with Crippen molar-refractivity contribution < 1.29 is 18.0 Å². The number of para-hydroxylation sites is 1. The average molecular weight is 445 g/mol. The predicted octanol–water partition coefficient (Wildman–Crippen LogP) is 1.95. The van der Waals surface area contributed by atoms with E-state index in [4.69, 9.17) is 5.73 Å². The van der Waals surface area contributed by atoms with Crippen molar-refractivity contribution in [3.8, 4) is 0 Å². The lowest BCUT2D eigenvalue weighted by molar-refractivity contribution is -0.147. The number of nitrogen functional groups attached to an aromatic ring is 1. The molecule has 1 amide bonds. The summed E-state index contributed by atoms with van der Waals surface area (Å²) in [5.74, 6) is -1.38. The van der Waals surface area contributed by atoms with Crippen molar-refractivity contribution in [2.75, 3.05) is 28.6 Å². The summed E-state index contributed by atoms with van der Waals surface area (Å²) in [7, 11) is 1.02. The molecule has 0 saturated carbocycles. The topological polar surface area (TPSA) is 110 Å². The molecule has 0 bridgehead atoms. The molecule has 0 spiro atoms. The minimum Gasteiger partial charge on any atom is -0.368 e. The number of hydrogen-bond acceptors (Lipinski definition) is 7. The van der Waals surface area contributed by atoms with Crippen LogP contribution < -0.4 is 21.1 Å². The van der Waals surface area contributed by atoms with E-state index in [0.717, 1.165) is 19.9 Å². The van der Waals surface area contributed by atoms with Crippen molar-refractivity contribution >= 4 is 34.3 Å². The Kier molecular flexibility index (Phi) is 4.36. The minimum atomic E-state index is -4.84. The molecule has 166 valence electrons. The quantitative estimate of drug-likeness (QED) is 0.610. The molecule has 3 aromatic rings. The first kappa shape index (κ1) is 20.2. The lowest BCUT2D eigenvalue weighted by Gasteiger charge is -2.27. The van der Waals surface area contributed by atoms with Gasteiger partial charge in [-0.25, -0.2) is 9.97 Å². The Labute approximate surface area is 179 Å². The molecule has 4 heterocycles. The van der Waals surface area contributed by atoms with E-state index in [1.165, 1.54) is 29.3 Å². The van der Waals surface area contributed by atoms with Gasteiger partial charge in [0, 0.05) is 32.4 Å². The van der Waals surface area contributed by atoms with E-state index in [-0.39, 0.29) is 40.7 Å². The smallest absolute Gasteiger partial charge is 0.368 e. The Morgan fingerprint density at radius 1 is 1.19 bits per heavy atom. The van der Waals surface area contributed by atoms with E-state index >= 15 is 0 Å². The number of carbonyl (C=O) groups excluding carboxylic acids is 1. The Hall–Kier alpha value is -3.70. The molecule has 1 saturated heterocycles. The highest BCUT2D eigenvalue weighted by Crippen LogP contribution is 2.36. The molecule has 2 aromatic heterocycles. The second kappa shape index (κ2) is 6.90. The van der Waals surface area contributed by atoms with Gasteiger partial charge in [-0.2, -0.15) is 18.2 Å². The van der Waals surface area contributed by atoms with Gasteiger partial charge in [0.1, 0.15) is 16.9 Å². The number of amides is 1. The van der Waals surface area contributed by atoms with Gasteiger partial charge < -0.3 is 15.5 Å². The van der Waals surface area contributed by atoms with Crippen LogP contribution in [0.15, 0.2) is 29.2 Å². The van der Waals surface area contributed by atoms with Gasteiger partial charge in [-0.1, -0.05) is 6.07 Å². The van der Waals surface area contributed by atoms with Crippen LogP contribution in [-0.4, -0.2) is 44.6 Å². The number of benzene rings is 1. The molecule has 5 rings (SSSR count). The third-order valence-corrected chi connectivity index (χ3v) is 5.93. The highest BCUT2D eigenvalue weighted by Gasteiger charge is 2.40. The van der Waals surface area contributed by atoms with E-state index in [1.807, 2.05) is 4.90 Å². The van der Waals surface area contributed by atoms with Crippen molar-refractivity contribution in [3.05, 3.63) is 46.1 Å². The number of hydrogen-bond donors (Lipinski definition) is 1. The van der Waals surface area contributed by atoms with Gasteiger partial charge in [-0.3, -0.25) is 14.2 Å². The molecular weight excluding hydrogens is 427 g/mol. The lowest BCUT2D eigenvalue weighted by Crippen LogP contribution is -2.40. The molecule has 9 nitrogen and oxygen atoms in total. The van der Waals surface area contributed by atoms with Crippen LogP contribution >= 0.6 is 0 Å². The molecule has 2 N–H and O–H groups in total. The van der Waals surface area contributed by atoms with Gasteiger partial charge in [-0.05, 0) is 25.0 Å². The van der Waals surface area contributed by atoms with Gasteiger partial charge >= 0.3 is 6.18 Å². The maximum atomic E-state index is 13.5. The number of carbonyl (C=O) groups is 1. The molecule has 2 aliphatic rings. The standard InChI is InChI=1S/C20H18F3N7O2/c1-28-16(31)11-5-2-6-13(14(11)26-18(28)20(21,22)23)30-9-10-4-3-7-29(10)15-12(17(30)32)8-25-19(24)27-15/h2,5-6,8,10H,3-4,7,9H2,1H3,(H2,24,25,27)/t10-/m0/s1. The maximum Gasteiger partial charge on any atom is 0.449 e. The van der Waals surface area contributed by atoms with Crippen molar-refractivity contribution in [1.29, 1.82) is 0 Å². The van der Waals surface area contributed by atoms with Crippen LogP contribution in [0.4, 0.5) is 30.6 Å². The van der Waals surface area contributed by atoms with Gasteiger partial charge in [0.15, 0.2) is 0 Å². The SMILES string of the molecule is Cn1c(C(F)(F)F)nc2c(N3C[C@@H]4CCCN4c4nc(N)ncc4C3=O)cccc2c1=O. The number of aromatic nitrogens is 4. The first-order chi connectivity index (χ1) is 15.2. The summed E-state index contributed by atoms with van der Waals surface area (Å²) in [4.78, 5) is 41.5. The van der Waals surface area contributed by atoms with Crippen LogP contribution in [0.5, 0.6) is 0 Å². The maximum absolute atomic E-state index is 13.5. The van der Waals surface area contributed by atoms with E-state index in [9.17, 15) is 22.8 Å². The fourth-order valence-corrected chi connectivity index (χ4v) is 4.46. The zero-order chi connectivity index (χ0) is 22.8. The van der Waals surface area contributed by atoms with Crippen molar-refractivity contribution in [2.24, 2.45) is 7.05 Å². The Morgan fingerprint density at radius 2 is 1.97 bits per heavy atom. The molecule has 1 atom stereocenters. The number of alkyl halides is 3. The fraction of sp³-hybridized carbons (Fsp3) is 0.350. The molecule has 0 radical (unpaired) electrons. The van der Waals surface area contributed by atoms with E-state index < -0.39 is 23.5 Å². The lowest BCUT2D eigenvalue weighted by atomic mass is 10.1.